The van der Waals surface area contributed by atoms with Gasteiger partial charge in [0.05, 0.1) is 7.11 Å². The quantitative estimate of drug-likeness (QED) is 0.764. The molecule has 1 amide bonds. The van der Waals surface area contributed by atoms with E-state index in [4.69, 9.17) is 4.74 Å². The maximum atomic E-state index is 12.1. The predicted molar refractivity (Wildman–Crippen MR) is 79.7 cm³/mol. The van der Waals surface area contributed by atoms with E-state index in [1.807, 2.05) is 30.3 Å². The standard InChI is InChI=1S/C16H22N2O3/c1-21-16(20)14(9-12-5-3-2-4-6-12)18-15(19)10-13-7-8-17-11-13/h2-6,13-14,17H,7-11H2,1H3,(H,18,19). The SMILES string of the molecule is COC(=O)C(Cc1ccccc1)NC(=O)CC1CCNC1. The van der Waals surface area contributed by atoms with E-state index in [-0.39, 0.29) is 5.91 Å². The zero-order valence-corrected chi connectivity index (χ0v) is 12.3. The van der Waals surface area contributed by atoms with Gasteiger partial charge in [0.2, 0.25) is 5.91 Å². The summed E-state index contributed by atoms with van der Waals surface area (Å²) in [6, 6.07) is 8.99. The summed E-state index contributed by atoms with van der Waals surface area (Å²) in [5, 5.41) is 6.03. The van der Waals surface area contributed by atoms with Crippen LogP contribution >= 0.6 is 0 Å². The van der Waals surface area contributed by atoms with Gasteiger partial charge in [-0.1, -0.05) is 30.3 Å². The molecule has 0 radical (unpaired) electrons. The highest BCUT2D eigenvalue weighted by Crippen LogP contribution is 2.12. The van der Waals surface area contributed by atoms with Crippen molar-refractivity contribution in [2.45, 2.75) is 25.3 Å². The van der Waals surface area contributed by atoms with Gasteiger partial charge in [0.1, 0.15) is 6.04 Å². The first-order valence-electron chi connectivity index (χ1n) is 7.31. The fourth-order valence-corrected chi connectivity index (χ4v) is 2.59. The van der Waals surface area contributed by atoms with Crippen molar-refractivity contribution in [2.24, 2.45) is 5.92 Å². The first-order chi connectivity index (χ1) is 10.2. The van der Waals surface area contributed by atoms with E-state index in [0.29, 0.717) is 18.8 Å². The lowest BCUT2D eigenvalue weighted by molar-refractivity contribution is -0.145. The van der Waals surface area contributed by atoms with E-state index >= 15 is 0 Å². The summed E-state index contributed by atoms with van der Waals surface area (Å²) < 4.78 is 4.79. The second-order valence-corrected chi connectivity index (χ2v) is 5.40. The topological polar surface area (TPSA) is 67.4 Å². The number of rotatable bonds is 6. The first-order valence-corrected chi connectivity index (χ1v) is 7.31. The minimum atomic E-state index is -0.626. The summed E-state index contributed by atoms with van der Waals surface area (Å²) in [7, 11) is 1.34. The van der Waals surface area contributed by atoms with Gasteiger partial charge in [-0.3, -0.25) is 4.79 Å². The fraction of sp³-hybridized carbons (Fsp3) is 0.500. The van der Waals surface area contributed by atoms with E-state index < -0.39 is 12.0 Å². The van der Waals surface area contributed by atoms with Crippen molar-refractivity contribution >= 4 is 11.9 Å². The van der Waals surface area contributed by atoms with Crippen molar-refractivity contribution in [3.05, 3.63) is 35.9 Å². The number of carbonyl (C=O) groups excluding carboxylic acids is 2. The van der Waals surface area contributed by atoms with Gasteiger partial charge >= 0.3 is 5.97 Å². The Morgan fingerprint density at radius 3 is 2.76 bits per heavy atom. The lowest BCUT2D eigenvalue weighted by atomic mass is 10.0. The van der Waals surface area contributed by atoms with Crippen LogP contribution < -0.4 is 10.6 Å². The molecule has 1 saturated heterocycles. The summed E-state index contributed by atoms with van der Waals surface area (Å²) in [5.41, 5.74) is 0.996. The van der Waals surface area contributed by atoms with E-state index in [0.717, 1.165) is 25.1 Å². The molecule has 5 nitrogen and oxygen atoms in total. The molecule has 114 valence electrons. The third-order valence-electron chi connectivity index (χ3n) is 3.74. The van der Waals surface area contributed by atoms with Gasteiger partial charge < -0.3 is 15.4 Å². The van der Waals surface area contributed by atoms with Gasteiger partial charge in [-0.15, -0.1) is 0 Å². The van der Waals surface area contributed by atoms with Crippen molar-refractivity contribution in [3.63, 3.8) is 0 Å². The van der Waals surface area contributed by atoms with Crippen LogP contribution in [0.2, 0.25) is 0 Å². The third-order valence-corrected chi connectivity index (χ3v) is 3.74. The molecular formula is C16H22N2O3. The molecule has 0 spiro atoms. The van der Waals surface area contributed by atoms with Crippen LogP contribution in [0.4, 0.5) is 0 Å². The van der Waals surface area contributed by atoms with Crippen LogP contribution in [0.3, 0.4) is 0 Å². The molecule has 1 aliphatic rings. The monoisotopic (exact) mass is 290 g/mol. The van der Waals surface area contributed by atoms with E-state index in [1.54, 1.807) is 0 Å². The average molecular weight is 290 g/mol. The van der Waals surface area contributed by atoms with Gasteiger partial charge in [0.15, 0.2) is 0 Å². The molecule has 21 heavy (non-hydrogen) atoms. The Hall–Kier alpha value is -1.88. The maximum Gasteiger partial charge on any atom is 0.328 e. The normalized spacial score (nSPS) is 19.0. The second kappa shape index (κ2) is 7.78. The third kappa shape index (κ3) is 4.86. The molecule has 0 saturated carbocycles. The van der Waals surface area contributed by atoms with Crippen molar-refractivity contribution in [2.75, 3.05) is 20.2 Å². The fourth-order valence-electron chi connectivity index (χ4n) is 2.59. The Balaban J connectivity index is 1.92. The van der Waals surface area contributed by atoms with Crippen molar-refractivity contribution in [1.29, 1.82) is 0 Å². The summed E-state index contributed by atoms with van der Waals surface area (Å²) in [5.74, 6) is -0.133. The van der Waals surface area contributed by atoms with Gasteiger partial charge in [-0.25, -0.2) is 4.79 Å². The number of benzene rings is 1. The predicted octanol–water partition coefficient (Wildman–Crippen LogP) is 0.886. The molecule has 2 N–H and O–H groups in total. The van der Waals surface area contributed by atoms with Crippen LogP contribution in [0.1, 0.15) is 18.4 Å². The Labute approximate surface area is 125 Å². The number of nitrogens with one attached hydrogen (secondary N) is 2. The Morgan fingerprint density at radius 2 is 2.14 bits per heavy atom. The summed E-state index contributed by atoms with van der Waals surface area (Å²) in [6.45, 7) is 1.83. The molecule has 1 fully saturated rings. The van der Waals surface area contributed by atoms with E-state index in [9.17, 15) is 9.59 Å². The van der Waals surface area contributed by atoms with Crippen LogP contribution in [0.25, 0.3) is 0 Å². The van der Waals surface area contributed by atoms with Gasteiger partial charge in [0, 0.05) is 12.8 Å². The molecule has 2 unspecified atom stereocenters. The molecule has 1 aromatic rings. The van der Waals surface area contributed by atoms with Crippen molar-refractivity contribution in [1.82, 2.24) is 10.6 Å². The van der Waals surface area contributed by atoms with Crippen LogP contribution in [0, 0.1) is 5.92 Å². The molecule has 0 aliphatic carbocycles. The van der Waals surface area contributed by atoms with Crippen LogP contribution in [-0.4, -0.2) is 38.1 Å². The first kappa shape index (κ1) is 15.5. The highest BCUT2D eigenvalue weighted by molar-refractivity contribution is 5.84. The van der Waals surface area contributed by atoms with Crippen molar-refractivity contribution < 1.29 is 14.3 Å². The number of amides is 1. The van der Waals surface area contributed by atoms with Gasteiger partial charge in [-0.2, -0.15) is 0 Å². The van der Waals surface area contributed by atoms with Gasteiger partial charge in [-0.05, 0) is 31.0 Å². The molecule has 0 aromatic heterocycles. The number of ether oxygens (including phenoxy) is 1. The lowest BCUT2D eigenvalue weighted by Gasteiger charge is -2.17. The number of hydrogen-bond acceptors (Lipinski definition) is 4. The maximum absolute atomic E-state index is 12.1. The van der Waals surface area contributed by atoms with Crippen molar-refractivity contribution in [3.8, 4) is 0 Å². The summed E-state index contributed by atoms with van der Waals surface area (Å²) >= 11 is 0. The number of methoxy groups -OCH3 is 1. The average Bonchev–Trinajstić information content (AvgIpc) is 2.99. The number of esters is 1. The number of hydrogen-bond donors (Lipinski definition) is 2. The zero-order valence-electron chi connectivity index (χ0n) is 12.3. The molecular weight excluding hydrogens is 268 g/mol. The summed E-state index contributed by atoms with van der Waals surface area (Å²) in [4.78, 5) is 23.9. The largest absolute Gasteiger partial charge is 0.467 e. The smallest absolute Gasteiger partial charge is 0.328 e. The van der Waals surface area contributed by atoms with Gasteiger partial charge in [0.25, 0.3) is 0 Å². The van der Waals surface area contributed by atoms with Crippen LogP contribution in [0.5, 0.6) is 0 Å². The molecule has 1 heterocycles. The minimum Gasteiger partial charge on any atom is -0.467 e. The highest BCUT2D eigenvalue weighted by atomic mass is 16.5. The second-order valence-electron chi connectivity index (χ2n) is 5.40. The molecule has 1 aromatic carbocycles. The molecule has 5 heteroatoms. The summed E-state index contributed by atoms with van der Waals surface area (Å²) in [6.07, 6.45) is 1.91. The molecule has 2 atom stereocenters. The zero-order chi connectivity index (χ0) is 15.1. The van der Waals surface area contributed by atoms with Crippen LogP contribution in [-0.2, 0) is 20.7 Å². The Kier molecular flexibility index (Phi) is 5.75. The minimum absolute atomic E-state index is 0.0879. The Bertz CT molecular complexity index is 470. The van der Waals surface area contributed by atoms with E-state index in [2.05, 4.69) is 10.6 Å². The lowest BCUT2D eigenvalue weighted by Crippen LogP contribution is -2.43. The highest BCUT2D eigenvalue weighted by Gasteiger charge is 2.24. The molecule has 1 aliphatic heterocycles. The van der Waals surface area contributed by atoms with Crippen LogP contribution in [0.15, 0.2) is 30.3 Å². The van der Waals surface area contributed by atoms with E-state index in [1.165, 1.54) is 7.11 Å². The molecule has 0 bridgehead atoms. The Morgan fingerprint density at radius 1 is 1.38 bits per heavy atom. The number of carbonyl (C=O) groups is 2. The molecule has 2 rings (SSSR count).